The van der Waals surface area contributed by atoms with E-state index in [2.05, 4.69) is 20.3 Å². The van der Waals surface area contributed by atoms with Crippen LogP contribution in [0.2, 0.25) is 0 Å². The summed E-state index contributed by atoms with van der Waals surface area (Å²) < 4.78 is 6.26. The van der Waals surface area contributed by atoms with Gasteiger partial charge in [0.05, 0.1) is 28.6 Å². The van der Waals surface area contributed by atoms with Gasteiger partial charge in [-0.1, -0.05) is 0 Å². The minimum absolute atomic E-state index is 0.223. The van der Waals surface area contributed by atoms with Gasteiger partial charge in [-0.05, 0) is 18.2 Å². The van der Waals surface area contributed by atoms with E-state index in [1.807, 2.05) is 24.4 Å². The Labute approximate surface area is 135 Å². The molecule has 0 unspecified atom stereocenters. The van der Waals surface area contributed by atoms with E-state index in [9.17, 15) is 4.79 Å². The lowest BCUT2D eigenvalue weighted by molar-refractivity contribution is 0.102. The van der Waals surface area contributed by atoms with Crippen molar-refractivity contribution in [1.29, 1.82) is 0 Å². The summed E-state index contributed by atoms with van der Waals surface area (Å²) in [7, 11) is 1.58. The van der Waals surface area contributed by atoms with E-state index in [1.165, 1.54) is 17.7 Å². The zero-order chi connectivity index (χ0) is 15.8. The van der Waals surface area contributed by atoms with Crippen molar-refractivity contribution >= 4 is 44.1 Å². The molecule has 0 bridgehead atoms. The lowest BCUT2D eigenvalue weighted by atomic mass is 10.2. The summed E-state index contributed by atoms with van der Waals surface area (Å²) in [6.45, 7) is 0. The number of hydrogen-bond acceptors (Lipinski definition) is 5. The second-order valence-corrected chi connectivity index (χ2v) is 5.87. The molecule has 0 saturated heterocycles. The van der Waals surface area contributed by atoms with Crippen LogP contribution in [0, 0.1) is 0 Å². The third kappa shape index (κ3) is 2.31. The van der Waals surface area contributed by atoms with Gasteiger partial charge in [-0.15, -0.1) is 11.3 Å². The van der Waals surface area contributed by atoms with Gasteiger partial charge in [-0.3, -0.25) is 4.79 Å². The number of hydrogen-bond donors (Lipinski definition) is 2. The first-order chi connectivity index (χ1) is 11.3. The van der Waals surface area contributed by atoms with Crippen LogP contribution < -0.4 is 10.1 Å². The number of methoxy groups -OCH3 is 1. The molecule has 3 aromatic heterocycles. The van der Waals surface area contributed by atoms with E-state index >= 15 is 0 Å². The standard InChI is InChI=1S/C16H12N4O2S/c1-22-13-4-9-2-3-18-11(9)5-12(13)20-16(21)10-7-23-14-6-17-8-19-15(10)14/h2-8,18H,1H3,(H,20,21). The number of fused-ring (bicyclic) bond motifs is 2. The Kier molecular flexibility index (Phi) is 3.20. The van der Waals surface area contributed by atoms with Crippen molar-refractivity contribution in [2.45, 2.75) is 0 Å². The van der Waals surface area contributed by atoms with Crippen LogP contribution in [0.15, 0.2) is 42.3 Å². The highest BCUT2D eigenvalue weighted by molar-refractivity contribution is 7.17. The molecule has 0 aliphatic heterocycles. The number of nitrogens with zero attached hydrogens (tertiary/aromatic N) is 2. The Hall–Kier alpha value is -2.93. The molecular formula is C16H12N4O2S. The summed E-state index contributed by atoms with van der Waals surface area (Å²) in [6, 6.07) is 5.69. The fourth-order valence-electron chi connectivity index (χ4n) is 2.48. The molecule has 7 heteroatoms. The van der Waals surface area contributed by atoms with Gasteiger partial charge >= 0.3 is 0 Å². The predicted octanol–water partition coefficient (Wildman–Crippen LogP) is 3.43. The predicted molar refractivity (Wildman–Crippen MR) is 90.2 cm³/mol. The number of anilines is 1. The van der Waals surface area contributed by atoms with Crippen LogP contribution in [0.25, 0.3) is 21.1 Å². The Morgan fingerprint density at radius 1 is 1.39 bits per heavy atom. The molecule has 0 fully saturated rings. The minimum atomic E-state index is -0.223. The third-order valence-electron chi connectivity index (χ3n) is 3.60. The number of thiophene rings is 1. The molecule has 0 spiro atoms. The molecule has 6 nitrogen and oxygen atoms in total. The average molecular weight is 324 g/mol. The van der Waals surface area contributed by atoms with E-state index in [0.29, 0.717) is 22.5 Å². The number of nitrogens with one attached hydrogen (secondary N) is 2. The number of H-pyrrole nitrogens is 1. The maximum Gasteiger partial charge on any atom is 0.258 e. The fourth-order valence-corrected chi connectivity index (χ4v) is 3.34. The van der Waals surface area contributed by atoms with E-state index < -0.39 is 0 Å². The summed E-state index contributed by atoms with van der Waals surface area (Å²) in [6.07, 6.45) is 4.99. The number of ether oxygens (including phenoxy) is 1. The summed E-state index contributed by atoms with van der Waals surface area (Å²) >= 11 is 1.44. The number of amides is 1. The number of benzene rings is 1. The Morgan fingerprint density at radius 3 is 3.17 bits per heavy atom. The van der Waals surface area contributed by atoms with Crippen molar-refractivity contribution in [1.82, 2.24) is 15.0 Å². The lowest BCUT2D eigenvalue weighted by Gasteiger charge is -2.10. The summed E-state index contributed by atoms with van der Waals surface area (Å²) in [4.78, 5) is 23.9. The topological polar surface area (TPSA) is 79.9 Å². The number of aromatic nitrogens is 3. The van der Waals surface area contributed by atoms with Crippen molar-refractivity contribution in [3.8, 4) is 5.75 Å². The highest BCUT2D eigenvalue weighted by Crippen LogP contribution is 2.31. The molecule has 0 atom stereocenters. The van der Waals surface area contributed by atoms with Gasteiger partial charge in [0.25, 0.3) is 5.91 Å². The van der Waals surface area contributed by atoms with Crippen LogP contribution >= 0.6 is 11.3 Å². The first-order valence-corrected chi connectivity index (χ1v) is 7.78. The van der Waals surface area contributed by atoms with Crippen molar-refractivity contribution in [2.75, 3.05) is 12.4 Å². The molecule has 4 aromatic rings. The molecule has 0 radical (unpaired) electrons. The van der Waals surface area contributed by atoms with Crippen LogP contribution in [0.4, 0.5) is 5.69 Å². The molecule has 0 aliphatic carbocycles. The zero-order valence-corrected chi connectivity index (χ0v) is 13.0. The highest BCUT2D eigenvalue weighted by atomic mass is 32.1. The van der Waals surface area contributed by atoms with E-state index in [0.717, 1.165) is 15.6 Å². The van der Waals surface area contributed by atoms with Gasteiger partial charge in [-0.25, -0.2) is 9.97 Å². The smallest absolute Gasteiger partial charge is 0.258 e. The van der Waals surface area contributed by atoms with Crippen LogP contribution in [0.3, 0.4) is 0 Å². The van der Waals surface area contributed by atoms with Gasteiger partial charge in [0.1, 0.15) is 12.1 Å². The molecule has 1 amide bonds. The van der Waals surface area contributed by atoms with Crippen LogP contribution in [-0.4, -0.2) is 28.0 Å². The average Bonchev–Trinajstić information content (AvgIpc) is 3.20. The summed E-state index contributed by atoms with van der Waals surface area (Å²) in [5, 5.41) is 5.71. The quantitative estimate of drug-likeness (QED) is 0.605. The van der Waals surface area contributed by atoms with Crippen molar-refractivity contribution in [3.05, 3.63) is 47.9 Å². The monoisotopic (exact) mass is 324 g/mol. The van der Waals surface area contributed by atoms with Gasteiger partial charge < -0.3 is 15.0 Å². The number of carbonyl (C=O) groups is 1. The first kappa shape index (κ1) is 13.7. The fraction of sp³-hybridized carbons (Fsp3) is 0.0625. The zero-order valence-electron chi connectivity index (χ0n) is 12.2. The molecule has 4 rings (SSSR count). The first-order valence-electron chi connectivity index (χ1n) is 6.90. The van der Waals surface area contributed by atoms with Gasteiger partial charge in [0.2, 0.25) is 0 Å². The second-order valence-electron chi connectivity index (χ2n) is 4.96. The third-order valence-corrected chi connectivity index (χ3v) is 4.51. The van der Waals surface area contributed by atoms with E-state index in [1.54, 1.807) is 18.7 Å². The summed E-state index contributed by atoms with van der Waals surface area (Å²) in [5.41, 5.74) is 2.72. The molecule has 3 heterocycles. The van der Waals surface area contributed by atoms with Crippen LogP contribution in [0.5, 0.6) is 5.75 Å². The van der Waals surface area contributed by atoms with Gasteiger partial charge in [-0.2, -0.15) is 0 Å². The van der Waals surface area contributed by atoms with Crippen molar-refractivity contribution < 1.29 is 9.53 Å². The van der Waals surface area contributed by atoms with Crippen molar-refractivity contribution in [2.24, 2.45) is 0 Å². The van der Waals surface area contributed by atoms with Crippen LogP contribution in [-0.2, 0) is 0 Å². The molecule has 0 aliphatic rings. The van der Waals surface area contributed by atoms with E-state index in [4.69, 9.17) is 4.74 Å². The maximum atomic E-state index is 12.6. The van der Waals surface area contributed by atoms with Gasteiger partial charge in [0.15, 0.2) is 0 Å². The Bertz CT molecular complexity index is 1020. The SMILES string of the molecule is COc1cc2cc[nH]c2cc1NC(=O)c1csc2cncnc12. The maximum absolute atomic E-state index is 12.6. The van der Waals surface area contributed by atoms with E-state index in [-0.39, 0.29) is 5.91 Å². The Balaban J connectivity index is 1.73. The number of carbonyl (C=O) groups excluding carboxylic acids is 1. The lowest BCUT2D eigenvalue weighted by Crippen LogP contribution is -2.12. The Morgan fingerprint density at radius 2 is 2.30 bits per heavy atom. The van der Waals surface area contributed by atoms with Crippen molar-refractivity contribution in [3.63, 3.8) is 0 Å². The molecule has 0 saturated carbocycles. The molecule has 114 valence electrons. The molecule has 23 heavy (non-hydrogen) atoms. The minimum Gasteiger partial charge on any atom is -0.495 e. The molecule has 1 aromatic carbocycles. The number of aromatic amines is 1. The summed E-state index contributed by atoms with van der Waals surface area (Å²) in [5.74, 6) is 0.388. The molecule has 2 N–H and O–H groups in total. The number of rotatable bonds is 3. The highest BCUT2D eigenvalue weighted by Gasteiger charge is 2.16. The molecular weight excluding hydrogens is 312 g/mol. The largest absolute Gasteiger partial charge is 0.495 e. The second kappa shape index (κ2) is 5.36. The van der Waals surface area contributed by atoms with Crippen LogP contribution in [0.1, 0.15) is 10.4 Å². The normalized spacial score (nSPS) is 11.0. The van der Waals surface area contributed by atoms with Gasteiger partial charge in [0, 0.05) is 28.7 Å².